The van der Waals surface area contributed by atoms with Crippen molar-refractivity contribution in [3.8, 4) is 0 Å². The predicted molar refractivity (Wildman–Crippen MR) is 68.0 cm³/mol. The molecule has 0 aliphatic heterocycles. The van der Waals surface area contributed by atoms with E-state index < -0.39 is 0 Å². The molecule has 0 radical (unpaired) electrons. The number of nitrogens with zero attached hydrogens (tertiary/aromatic N) is 1. The van der Waals surface area contributed by atoms with Crippen molar-refractivity contribution < 1.29 is 0 Å². The summed E-state index contributed by atoms with van der Waals surface area (Å²) in [6.45, 7) is 15.4. The quantitative estimate of drug-likeness (QED) is 0.669. The molecular weight excluding hydrogens is 182 g/mol. The molecule has 0 aromatic heterocycles. The molecule has 1 heteroatoms. The minimum Gasteiger partial charge on any atom is -0.298 e. The summed E-state index contributed by atoms with van der Waals surface area (Å²) in [6.07, 6.45) is 2.84. The van der Waals surface area contributed by atoms with Gasteiger partial charge in [-0.25, -0.2) is 0 Å². The zero-order chi connectivity index (χ0) is 11.6. The molecule has 0 aromatic rings. The van der Waals surface area contributed by atoms with E-state index in [4.69, 9.17) is 0 Å². The van der Waals surface area contributed by atoms with Gasteiger partial charge in [-0.15, -0.1) is 0 Å². The lowest BCUT2D eigenvalue weighted by Gasteiger charge is -2.45. The Morgan fingerprint density at radius 1 is 1.07 bits per heavy atom. The summed E-state index contributed by atoms with van der Waals surface area (Å²) in [4.78, 5) is 2.73. The SMILES string of the molecule is CC1CC(N(CC(C)C(C)C)C(C)C)C1. The predicted octanol–water partition coefficient (Wildman–Crippen LogP) is 3.79. The molecule has 1 atom stereocenters. The molecule has 90 valence electrons. The first-order valence-corrected chi connectivity index (χ1v) is 6.67. The highest BCUT2D eigenvalue weighted by Crippen LogP contribution is 2.33. The van der Waals surface area contributed by atoms with Gasteiger partial charge in [-0.3, -0.25) is 4.90 Å². The standard InChI is InChI=1S/C14H29N/c1-10(2)13(6)9-15(11(3)4)14-7-12(5)8-14/h10-14H,7-9H2,1-6H3. The topological polar surface area (TPSA) is 3.24 Å². The molecule has 1 nitrogen and oxygen atoms in total. The van der Waals surface area contributed by atoms with Crippen LogP contribution in [0.5, 0.6) is 0 Å². The van der Waals surface area contributed by atoms with E-state index in [0.29, 0.717) is 6.04 Å². The number of hydrogen-bond acceptors (Lipinski definition) is 1. The van der Waals surface area contributed by atoms with Crippen LogP contribution < -0.4 is 0 Å². The van der Waals surface area contributed by atoms with Gasteiger partial charge in [0.05, 0.1) is 0 Å². The monoisotopic (exact) mass is 211 g/mol. The first-order chi connectivity index (χ1) is 6.91. The molecule has 0 saturated heterocycles. The fourth-order valence-electron chi connectivity index (χ4n) is 2.46. The molecule has 1 aliphatic rings. The van der Waals surface area contributed by atoms with Gasteiger partial charge in [0.1, 0.15) is 0 Å². The van der Waals surface area contributed by atoms with E-state index in [1.165, 1.54) is 19.4 Å². The fourth-order valence-corrected chi connectivity index (χ4v) is 2.46. The third-order valence-electron chi connectivity index (χ3n) is 4.12. The van der Waals surface area contributed by atoms with E-state index in [0.717, 1.165) is 23.8 Å². The van der Waals surface area contributed by atoms with Gasteiger partial charge < -0.3 is 0 Å². The van der Waals surface area contributed by atoms with Crippen LogP contribution >= 0.6 is 0 Å². The Labute approximate surface area is 96.2 Å². The zero-order valence-corrected chi connectivity index (χ0v) is 11.5. The highest BCUT2D eigenvalue weighted by molar-refractivity contribution is 4.87. The summed E-state index contributed by atoms with van der Waals surface area (Å²) in [5.41, 5.74) is 0. The van der Waals surface area contributed by atoms with Crippen LogP contribution in [0.1, 0.15) is 54.4 Å². The van der Waals surface area contributed by atoms with Crippen LogP contribution in [0.3, 0.4) is 0 Å². The molecule has 1 aliphatic carbocycles. The van der Waals surface area contributed by atoms with Crippen LogP contribution in [0.2, 0.25) is 0 Å². The van der Waals surface area contributed by atoms with Crippen LogP contribution in [0.15, 0.2) is 0 Å². The number of hydrogen-bond donors (Lipinski definition) is 0. The molecule has 1 rings (SSSR count). The number of rotatable bonds is 5. The van der Waals surface area contributed by atoms with Gasteiger partial charge in [0, 0.05) is 18.6 Å². The summed E-state index contributed by atoms with van der Waals surface area (Å²) >= 11 is 0. The third-order valence-corrected chi connectivity index (χ3v) is 4.12. The molecular formula is C14H29N. The van der Waals surface area contributed by atoms with Crippen molar-refractivity contribution in [2.45, 2.75) is 66.5 Å². The van der Waals surface area contributed by atoms with E-state index in [1.54, 1.807) is 0 Å². The fraction of sp³-hybridized carbons (Fsp3) is 1.00. The Morgan fingerprint density at radius 3 is 1.93 bits per heavy atom. The van der Waals surface area contributed by atoms with Crippen molar-refractivity contribution in [1.29, 1.82) is 0 Å². The summed E-state index contributed by atoms with van der Waals surface area (Å²) < 4.78 is 0. The van der Waals surface area contributed by atoms with Crippen molar-refractivity contribution in [3.05, 3.63) is 0 Å². The molecule has 0 spiro atoms. The highest BCUT2D eigenvalue weighted by Gasteiger charge is 2.32. The van der Waals surface area contributed by atoms with Crippen LogP contribution in [-0.4, -0.2) is 23.5 Å². The van der Waals surface area contributed by atoms with Crippen LogP contribution in [0.4, 0.5) is 0 Å². The van der Waals surface area contributed by atoms with E-state index in [-0.39, 0.29) is 0 Å². The van der Waals surface area contributed by atoms with Crippen LogP contribution in [0.25, 0.3) is 0 Å². The Hall–Kier alpha value is -0.0400. The molecule has 15 heavy (non-hydrogen) atoms. The first kappa shape index (κ1) is 13.0. The van der Waals surface area contributed by atoms with Crippen molar-refractivity contribution in [2.75, 3.05) is 6.54 Å². The Bertz CT molecular complexity index is 180. The highest BCUT2D eigenvalue weighted by atomic mass is 15.2. The normalized spacial score (nSPS) is 28.6. The van der Waals surface area contributed by atoms with Crippen molar-refractivity contribution in [3.63, 3.8) is 0 Å². The molecule has 1 fully saturated rings. The minimum absolute atomic E-state index is 0.712. The van der Waals surface area contributed by atoms with Crippen molar-refractivity contribution in [1.82, 2.24) is 4.90 Å². The van der Waals surface area contributed by atoms with Crippen molar-refractivity contribution >= 4 is 0 Å². The second-order valence-corrected chi connectivity index (χ2v) is 6.24. The maximum Gasteiger partial charge on any atom is 0.0103 e. The lowest BCUT2D eigenvalue weighted by atomic mass is 9.79. The Morgan fingerprint density at radius 2 is 1.60 bits per heavy atom. The molecule has 0 heterocycles. The Kier molecular flexibility index (Phi) is 4.64. The largest absolute Gasteiger partial charge is 0.298 e. The molecule has 1 saturated carbocycles. The van der Waals surface area contributed by atoms with Gasteiger partial charge in [-0.1, -0.05) is 27.7 Å². The second kappa shape index (κ2) is 5.34. The van der Waals surface area contributed by atoms with Gasteiger partial charge >= 0.3 is 0 Å². The lowest BCUT2D eigenvalue weighted by Crippen LogP contribution is -2.49. The Balaban J connectivity index is 2.44. The third kappa shape index (κ3) is 3.48. The van der Waals surface area contributed by atoms with Gasteiger partial charge in [-0.05, 0) is 44.4 Å². The molecule has 0 amide bonds. The van der Waals surface area contributed by atoms with E-state index in [2.05, 4.69) is 46.4 Å². The second-order valence-electron chi connectivity index (χ2n) is 6.24. The van der Waals surface area contributed by atoms with Crippen molar-refractivity contribution in [2.24, 2.45) is 17.8 Å². The summed E-state index contributed by atoms with van der Waals surface area (Å²) in [7, 11) is 0. The van der Waals surface area contributed by atoms with E-state index >= 15 is 0 Å². The average Bonchev–Trinajstić information content (AvgIpc) is 2.08. The molecule has 0 bridgehead atoms. The maximum atomic E-state index is 2.73. The lowest BCUT2D eigenvalue weighted by molar-refractivity contribution is 0.0419. The maximum absolute atomic E-state index is 2.73. The molecule has 0 aromatic carbocycles. The summed E-state index contributed by atoms with van der Waals surface area (Å²) in [5.74, 6) is 2.60. The molecule has 0 N–H and O–H groups in total. The van der Waals surface area contributed by atoms with E-state index in [9.17, 15) is 0 Å². The van der Waals surface area contributed by atoms with Crippen LogP contribution in [-0.2, 0) is 0 Å². The summed E-state index contributed by atoms with van der Waals surface area (Å²) in [5, 5.41) is 0. The van der Waals surface area contributed by atoms with Gasteiger partial charge in [0.15, 0.2) is 0 Å². The summed E-state index contributed by atoms with van der Waals surface area (Å²) in [6, 6.07) is 1.59. The zero-order valence-electron chi connectivity index (χ0n) is 11.5. The first-order valence-electron chi connectivity index (χ1n) is 6.67. The van der Waals surface area contributed by atoms with Gasteiger partial charge in [0.25, 0.3) is 0 Å². The van der Waals surface area contributed by atoms with Gasteiger partial charge in [0.2, 0.25) is 0 Å². The van der Waals surface area contributed by atoms with Gasteiger partial charge in [-0.2, -0.15) is 0 Å². The minimum atomic E-state index is 0.712. The average molecular weight is 211 g/mol. The van der Waals surface area contributed by atoms with E-state index in [1.807, 2.05) is 0 Å². The smallest absolute Gasteiger partial charge is 0.0103 e. The van der Waals surface area contributed by atoms with Crippen LogP contribution in [0, 0.1) is 17.8 Å². The molecule has 1 unspecified atom stereocenters.